The predicted octanol–water partition coefficient (Wildman–Crippen LogP) is 3.98. The second kappa shape index (κ2) is 11.3. The second-order valence-corrected chi connectivity index (χ2v) is 10.1. The number of nitrogens with zero attached hydrogens (tertiary/aromatic N) is 2. The highest BCUT2D eigenvalue weighted by molar-refractivity contribution is 6.36. The fourth-order valence-electron chi connectivity index (χ4n) is 5.57. The average Bonchev–Trinajstić information content (AvgIpc) is 3.45. The van der Waals surface area contributed by atoms with E-state index >= 15 is 0 Å². The Morgan fingerprint density at radius 1 is 0.775 bits per heavy atom. The molecule has 40 heavy (non-hydrogen) atoms. The first-order chi connectivity index (χ1) is 19.3. The lowest BCUT2D eigenvalue weighted by molar-refractivity contribution is -0.161. The van der Waals surface area contributed by atoms with Gasteiger partial charge in [-0.1, -0.05) is 77.8 Å². The molecule has 0 aliphatic carbocycles. The van der Waals surface area contributed by atoms with Crippen molar-refractivity contribution >= 4 is 47.0 Å². The van der Waals surface area contributed by atoms with Crippen LogP contribution in [0, 0.1) is 5.92 Å². The molecule has 2 fully saturated rings. The number of hydrazine groups is 1. The molecule has 0 unspecified atom stereocenters. The fraction of sp³-hybridized carbons (Fsp3) is 0.241. The minimum atomic E-state index is -1.41. The van der Waals surface area contributed by atoms with Crippen molar-refractivity contribution in [3.63, 3.8) is 0 Å². The molecule has 0 aromatic heterocycles. The normalized spacial score (nSPS) is 23.9. The molecular formula is C29H25Cl2N3O6. The van der Waals surface area contributed by atoms with Crippen molar-refractivity contribution in [1.29, 1.82) is 0 Å². The van der Waals surface area contributed by atoms with Crippen molar-refractivity contribution in [1.82, 2.24) is 15.3 Å². The van der Waals surface area contributed by atoms with Crippen molar-refractivity contribution in [3.05, 3.63) is 106 Å². The smallest absolute Gasteiger partial charge is 0.331 e. The molecule has 2 saturated heterocycles. The van der Waals surface area contributed by atoms with Crippen molar-refractivity contribution in [3.8, 4) is 0 Å². The second-order valence-electron chi connectivity index (χ2n) is 9.33. The Kier molecular flexibility index (Phi) is 7.80. The van der Waals surface area contributed by atoms with Crippen LogP contribution in [0.4, 0.5) is 0 Å². The van der Waals surface area contributed by atoms with Crippen LogP contribution in [0.25, 0.3) is 0 Å². The Balaban J connectivity index is 1.73. The molecule has 5 rings (SSSR count). The molecule has 2 aliphatic heterocycles. The first-order valence-electron chi connectivity index (χ1n) is 12.4. The maximum absolute atomic E-state index is 14.2. The number of esters is 2. The van der Waals surface area contributed by atoms with Gasteiger partial charge in [0.15, 0.2) is 6.04 Å². The van der Waals surface area contributed by atoms with Crippen molar-refractivity contribution < 1.29 is 28.7 Å². The van der Waals surface area contributed by atoms with E-state index in [9.17, 15) is 19.2 Å². The maximum Gasteiger partial charge on any atom is 0.331 e. The predicted molar refractivity (Wildman–Crippen MR) is 146 cm³/mol. The molecule has 2 heterocycles. The van der Waals surface area contributed by atoms with E-state index in [0.717, 1.165) is 0 Å². The van der Waals surface area contributed by atoms with E-state index in [-0.39, 0.29) is 10.0 Å². The molecule has 2 amide bonds. The summed E-state index contributed by atoms with van der Waals surface area (Å²) in [5, 5.41) is 6.10. The minimum absolute atomic E-state index is 0.230. The van der Waals surface area contributed by atoms with Gasteiger partial charge in [0.1, 0.15) is 12.0 Å². The first kappa shape index (κ1) is 27.6. The van der Waals surface area contributed by atoms with E-state index in [1.807, 2.05) is 6.07 Å². The standard InChI is InChI=1S/C29H25Cl2N3O6/c1-39-28(37)21-24(20-18(30)14-9-15-19(20)31)33-23(16-10-5-3-6-11-16)22(27(36)34(33)25(21)29(38)40-2)32-26(35)17-12-7-4-8-13-17/h3-15,21-25H,1-2H3,(H,32,35)/t21-,22-,23-,24-,25+/m1/s1. The van der Waals surface area contributed by atoms with E-state index in [1.54, 1.807) is 77.8 Å². The van der Waals surface area contributed by atoms with Gasteiger partial charge in [-0.05, 0) is 29.8 Å². The molecule has 0 radical (unpaired) electrons. The summed E-state index contributed by atoms with van der Waals surface area (Å²) < 4.78 is 10.2. The number of benzene rings is 3. The van der Waals surface area contributed by atoms with Gasteiger partial charge in [0.05, 0.1) is 26.3 Å². The molecule has 0 spiro atoms. The first-order valence-corrected chi connectivity index (χ1v) is 13.2. The van der Waals surface area contributed by atoms with Crippen LogP contribution in [-0.4, -0.2) is 60.1 Å². The van der Waals surface area contributed by atoms with Gasteiger partial charge < -0.3 is 14.8 Å². The summed E-state index contributed by atoms with van der Waals surface area (Å²) in [6.45, 7) is 0. The van der Waals surface area contributed by atoms with Crippen LogP contribution in [0.2, 0.25) is 10.0 Å². The Hall–Kier alpha value is -3.92. The lowest BCUT2D eigenvalue weighted by Crippen LogP contribution is -2.50. The summed E-state index contributed by atoms with van der Waals surface area (Å²) >= 11 is 13.3. The molecule has 11 heteroatoms. The summed E-state index contributed by atoms with van der Waals surface area (Å²) in [4.78, 5) is 54.1. The Morgan fingerprint density at radius 3 is 1.93 bits per heavy atom. The third-order valence-corrected chi connectivity index (χ3v) is 7.90. The van der Waals surface area contributed by atoms with Crippen molar-refractivity contribution in [2.24, 2.45) is 5.92 Å². The Morgan fingerprint density at radius 2 is 1.35 bits per heavy atom. The highest BCUT2D eigenvalue weighted by atomic mass is 35.5. The number of halogens is 2. The molecule has 9 nitrogen and oxygen atoms in total. The summed E-state index contributed by atoms with van der Waals surface area (Å²) in [6.07, 6.45) is 0. The van der Waals surface area contributed by atoms with Gasteiger partial charge in [-0.3, -0.25) is 19.4 Å². The highest BCUT2D eigenvalue weighted by Crippen LogP contribution is 2.54. The number of amides is 2. The molecule has 0 saturated carbocycles. The van der Waals surface area contributed by atoms with E-state index < -0.39 is 53.8 Å². The Bertz CT molecular complexity index is 1430. The van der Waals surface area contributed by atoms with Crippen molar-refractivity contribution in [2.45, 2.75) is 24.2 Å². The topological polar surface area (TPSA) is 105 Å². The van der Waals surface area contributed by atoms with Crippen LogP contribution in [0.5, 0.6) is 0 Å². The van der Waals surface area contributed by atoms with Gasteiger partial charge in [-0.2, -0.15) is 5.01 Å². The third kappa shape index (κ3) is 4.60. The lowest BCUT2D eigenvalue weighted by Gasteiger charge is -2.33. The zero-order chi connectivity index (χ0) is 28.6. The van der Waals surface area contributed by atoms with E-state index in [0.29, 0.717) is 16.7 Å². The molecular weight excluding hydrogens is 557 g/mol. The van der Waals surface area contributed by atoms with Gasteiger partial charge in [0.25, 0.3) is 11.8 Å². The molecule has 206 valence electrons. The van der Waals surface area contributed by atoms with Crippen LogP contribution in [-0.2, 0) is 23.9 Å². The maximum atomic E-state index is 14.2. The average molecular weight is 582 g/mol. The van der Waals surface area contributed by atoms with Crippen molar-refractivity contribution in [2.75, 3.05) is 14.2 Å². The summed E-state index contributed by atoms with van der Waals surface area (Å²) in [6, 6.07) is 17.9. The molecule has 0 bridgehead atoms. The highest BCUT2D eigenvalue weighted by Gasteiger charge is 2.66. The van der Waals surface area contributed by atoms with Crippen LogP contribution < -0.4 is 5.32 Å². The number of ether oxygens (including phenoxy) is 2. The SMILES string of the molecule is COC(=O)[C@H]1[C@@H](C(=O)OC)N2C(=O)[C@H](NC(=O)c3ccccc3)[C@@H](c3ccccc3)N2[C@@H]1c1c(Cl)cccc1Cl. The fourth-order valence-corrected chi connectivity index (χ4v) is 6.19. The lowest BCUT2D eigenvalue weighted by atomic mass is 9.86. The van der Waals surface area contributed by atoms with Gasteiger partial charge >= 0.3 is 11.9 Å². The summed E-state index contributed by atoms with van der Waals surface area (Å²) in [5.41, 5.74) is 1.34. The quantitative estimate of drug-likeness (QED) is 0.439. The minimum Gasteiger partial charge on any atom is -0.469 e. The van der Waals surface area contributed by atoms with Gasteiger partial charge in [-0.15, -0.1) is 0 Å². The van der Waals surface area contributed by atoms with Crippen LogP contribution >= 0.6 is 23.2 Å². The number of carbonyl (C=O) groups excluding carboxylic acids is 4. The van der Waals surface area contributed by atoms with Crippen LogP contribution in [0.1, 0.15) is 33.6 Å². The number of nitrogens with one attached hydrogen (secondary N) is 1. The van der Waals surface area contributed by atoms with E-state index in [2.05, 4.69) is 5.32 Å². The van der Waals surface area contributed by atoms with Crippen LogP contribution in [0.3, 0.4) is 0 Å². The number of hydrogen-bond acceptors (Lipinski definition) is 7. The molecule has 3 aromatic rings. The van der Waals surface area contributed by atoms with Gasteiger partial charge in [0.2, 0.25) is 0 Å². The van der Waals surface area contributed by atoms with Crippen LogP contribution in [0.15, 0.2) is 78.9 Å². The summed E-state index contributed by atoms with van der Waals surface area (Å²) in [7, 11) is 2.36. The Labute approximate surface area is 240 Å². The number of hydrogen-bond donors (Lipinski definition) is 1. The summed E-state index contributed by atoms with van der Waals surface area (Å²) in [5.74, 6) is -3.91. The van der Waals surface area contributed by atoms with E-state index in [4.69, 9.17) is 32.7 Å². The monoisotopic (exact) mass is 581 g/mol. The molecule has 2 aliphatic rings. The number of methoxy groups -OCH3 is 2. The molecule has 3 aromatic carbocycles. The third-order valence-electron chi connectivity index (χ3n) is 7.25. The molecule has 5 atom stereocenters. The molecule has 1 N–H and O–H groups in total. The van der Waals surface area contributed by atoms with Gasteiger partial charge in [-0.25, -0.2) is 4.79 Å². The number of fused-ring (bicyclic) bond motifs is 1. The number of carbonyl (C=O) groups is 4. The van der Waals surface area contributed by atoms with Gasteiger partial charge in [0, 0.05) is 21.2 Å². The number of rotatable bonds is 6. The zero-order valence-electron chi connectivity index (χ0n) is 21.5. The van der Waals surface area contributed by atoms with E-state index in [1.165, 1.54) is 19.2 Å². The largest absolute Gasteiger partial charge is 0.469 e. The zero-order valence-corrected chi connectivity index (χ0v) is 23.0.